The lowest BCUT2D eigenvalue weighted by atomic mass is 9.97. The molecule has 0 spiro atoms. The second-order valence-corrected chi connectivity index (χ2v) is 4.34. The van der Waals surface area contributed by atoms with E-state index in [1.807, 2.05) is 0 Å². The van der Waals surface area contributed by atoms with Crippen LogP contribution in [0.2, 0.25) is 0 Å². The summed E-state index contributed by atoms with van der Waals surface area (Å²) < 4.78 is 4.66. The van der Waals surface area contributed by atoms with Gasteiger partial charge in [0, 0.05) is 5.33 Å². The summed E-state index contributed by atoms with van der Waals surface area (Å²) in [5.41, 5.74) is 0.320. The minimum atomic E-state index is -0.0536. The zero-order valence-corrected chi connectivity index (χ0v) is 9.02. The molecule has 1 saturated carbocycles. The van der Waals surface area contributed by atoms with Gasteiger partial charge in [-0.25, -0.2) is 0 Å². The summed E-state index contributed by atoms with van der Waals surface area (Å²) in [5, 5.41) is 1.04. The van der Waals surface area contributed by atoms with Gasteiger partial charge in [0.25, 0.3) is 0 Å². The third-order valence-corrected chi connectivity index (χ3v) is 3.11. The highest BCUT2D eigenvalue weighted by molar-refractivity contribution is 9.09. The van der Waals surface area contributed by atoms with Gasteiger partial charge in [-0.05, 0) is 31.1 Å². The Bertz CT molecular complexity index is 164. The molecule has 0 bridgehead atoms. The van der Waals surface area contributed by atoms with E-state index in [9.17, 15) is 4.79 Å². The van der Waals surface area contributed by atoms with Crippen molar-refractivity contribution in [2.24, 2.45) is 5.41 Å². The molecule has 1 aliphatic rings. The molecule has 0 N–H and O–H groups in total. The fourth-order valence-electron chi connectivity index (χ4n) is 1.51. The summed E-state index contributed by atoms with van der Waals surface area (Å²) >= 11 is 3.40. The predicted octanol–water partition coefficient (Wildman–Crippen LogP) is 2.50. The molecule has 0 saturated heterocycles. The first-order valence-electron chi connectivity index (χ1n) is 4.35. The van der Waals surface area contributed by atoms with Crippen molar-refractivity contribution in [2.75, 3.05) is 12.4 Å². The van der Waals surface area contributed by atoms with Gasteiger partial charge in [0.05, 0.1) is 13.5 Å². The smallest absolute Gasteiger partial charge is 0.306 e. The van der Waals surface area contributed by atoms with Crippen LogP contribution in [0.5, 0.6) is 0 Å². The van der Waals surface area contributed by atoms with Crippen molar-refractivity contribution in [1.29, 1.82) is 0 Å². The number of esters is 1. The van der Waals surface area contributed by atoms with E-state index in [4.69, 9.17) is 0 Å². The number of hydrogen-bond acceptors (Lipinski definition) is 2. The first kappa shape index (κ1) is 10.0. The highest BCUT2D eigenvalue weighted by Crippen LogP contribution is 2.52. The van der Waals surface area contributed by atoms with Crippen LogP contribution in [-0.2, 0) is 9.53 Å². The van der Waals surface area contributed by atoms with Crippen molar-refractivity contribution in [1.82, 2.24) is 0 Å². The Hall–Kier alpha value is -0.0500. The zero-order valence-electron chi connectivity index (χ0n) is 7.44. The standard InChI is InChI=1S/C9H15BrO2/c1-12-8(11)7-9(4-5-9)3-2-6-10/h2-7H2,1H3. The molecule has 0 unspecified atom stereocenters. The molecule has 1 fully saturated rings. The largest absolute Gasteiger partial charge is 0.469 e. The van der Waals surface area contributed by atoms with Crippen LogP contribution >= 0.6 is 15.9 Å². The SMILES string of the molecule is COC(=O)CC1(CCCBr)CC1. The molecule has 1 aliphatic carbocycles. The first-order chi connectivity index (χ1) is 5.72. The van der Waals surface area contributed by atoms with Crippen molar-refractivity contribution < 1.29 is 9.53 Å². The first-order valence-corrected chi connectivity index (χ1v) is 5.47. The van der Waals surface area contributed by atoms with Crippen molar-refractivity contribution >= 4 is 21.9 Å². The number of methoxy groups -OCH3 is 1. The molecule has 0 aromatic heterocycles. The van der Waals surface area contributed by atoms with Gasteiger partial charge in [0.15, 0.2) is 0 Å². The number of hydrogen-bond donors (Lipinski definition) is 0. The Labute approximate surface area is 81.8 Å². The lowest BCUT2D eigenvalue weighted by molar-refractivity contribution is -0.142. The number of alkyl halides is 1. The second-order valence-electron chi connectivity index (χ2n) is 3.55. The van der Waals surface area contributed by atoms with Crippen LogP contribution in [0.1, 0.15) is 32.1 Å². The molecular formula is C9H15BrO2. The van der Waals surface area contributed by atoms with Crippen LogP contribution in [0.3, 0.4) is 0 Å². The molecular weight excluding hydrogens is 220 g/mol. The normalized spacial score (nSPS) is 18.8. The summed E-state index contributed by atoms with van der Waals surface area (Å²) in [6.07, 6.45) is 5.35. The molecule has 3 heteroatoms. The van der Waals surface area contributed by atoms with Gasteiger partial charge in [0.1, 0.15) is 0 Å². The number of carbonyl (C=O) groups excluding carboxylic acids is 1. The van der Waals surface area contributed by atoms with Gasteiger partial charge in [-0.1, -0.05) is 15.9 Å². The van der Waals surface area contributed by atoms with E-state index in [1.165, 1.54) is 20.0 Å². The topological polar surface area (TPSA) is 26.3 Å². The summed E-state index contributed by atoms with van der Waals surface area (Å²) in [6.45, 7) is 0. The Balaban J connectivity index is 2.24. The Morgan fingerprint density at radius 2 is 2.25 bits per heavy atom. The average Bonchev–Trinajstić information content (AvgIpc) is 2.82. The molecule has 0 aromatic carbocycles. The van der Waals surface area contributed by atoms with Crippen LogP contribution in [0.4, 0.5) is 0 Å². The molecule has 0 atom stereocenters. The van der Waals surface area contributed by atoms with E-state index in [0.29, 0.717) is 11.8 Å². The van der Waals surface area contributed by atoms with Crippen LogP contribution in [0.25, 0.3) is 0 Å². The van der Waals surface area contributed by atoms with Crippen molar-refractivity contribution in [3.8, 4) is 0 Å². The predicted molar refractivity (Wildman–Crippen MR) is 51.3 cm³/mol. The molecule has 0 radical (unpaired) electrons. The number of halogens is 1. The van der Waals surface area contributed by atoms with Crippen LogP contribution in [-0.4, -0.2) is 18.4 Å². The molecule has 0 aliphatic heterocycles. The fraction of sp³-hybridized carbons (Fsp3) is 0.889. The van der Waals surface area contributed by atoms with Gasteiger partial charge in [-0.15, -0.1) is 0 Å². The van der Waals surface area contributed by atoms with E-state index < -0.39 is 0 Å². The zero-order chi connectivity index (χ0) is 9.03. The summed E-state index contributed by atoms with van der Waals surface area (Å²) in [5.74, 6) is -0.0536. The molecule has 2 nitrogen and oxygen atoms in total. The van der Waals surface area contributed by atoms with E-state index in [0.717, 1.165) is 18.2 Å². The summed E-state index contributed by atoms with van der Waals surface area (Å²) in [4.78, 5) is 11.0. The van der Waals surface area contributed by atoms with Crippen LogP contribution in [0.15, 0.2) is 0 Å². The van der Waals surface area contributed by atoms with Gasteiger partial charge >= 0.3 is 5.97 Å². The molecule has 0 amide bonds. The third kappa shape index (κ3) is 2.77. The van der Waals surface area contributed by atoms with Crippen molar-refractivity contribution in [3.63, 3.8) is 0 Å². The minimum absolute atomic E-state index is 0.0536. The van der Waals surface area contributed by atoms with Gasteiger partial charge in [-0.2, -0.15) is 0 Å². The molecule has 12 heavy (non-hydrogen) atoms. The maximum Gasteiger partial charge on any atom is 0.306 e. The lowest BCUT2D eigenvalue weighted by Gasteiger charge is -2.11. The van der Waals surface area contributed by atoms with Gasteiger partial charge in [-0.3, -0.25) is 4.79 Å². The van der Waals surface area contributed by atoms with E-state index in [1.54, 1.807) is 0 Å². The highest BCUT2D eigenvalue weighted by Gasteiger charge is 2.43. The fourth-order valence-corrected chi connectivity index (χ4v) is 1.79. The second kappa shape index (κ2) is 4.26. The maximum absolute atomic E-state index is 11.0. The Morgan fingerprint density at radius 1 is 1.58 bits per heavy atom. The summed E-state index contributed by atoms with van der Waals surface area (Å²) in [6, 6.07) is 0. The van der Waals surface area contributed by atoms with Crippen LogP contribution in [0, 0.1) is 5.41 Å². The number of rotatable bonds is 5. The van der Waals surface area contributed by atoms with E-state index >= 15 is 0 Å². The quantitative estimate of drug-likeness (QED) is 0.540. The minimum Gasteiger partial charge on any atom is -0.469 e. The average molecular weight is 235 g/mol. The molecule has 1 rings (SSSR count). The Morgan fingerprint density at radius 3 is 2.67 bits per heavy atom. The third-order valence-electron chi connectivity index (χ3n) is 2.54. The Kier molecular flexibility index (Phi) is 3.56. The highest BCUT2D eigenvalue weighted by atomic mass is 79.9. The van der Waals surface area contributed by atoms with E-state index in [-0.39, 0.29) is 5.97 Å². The molecule has 0 heterocycles. The van der Waals surface area contributed by atoms with Crippen molar-refractivity contribution in [2.45, 2.75) is 32.1 Å². The summed E-state index contributed by atoms with van der Waals surface area (Å²) in [7, 11) is 1.46. The number of ether oxygens (including phenoxy) is 1. The maximum atomic E-state index is 11.0. The monoisotopic (exact) mass is 234 g/mol. The van der Waals surface area contributed by atoms with Crippen molar-refractivity contribution in [3.05, 3.63) is 0 Å². The lowest BCUT2D eigenvalue weighted by Crippen LogP contribution is -2.10. The molecule has 70 valence electrons. The molecule has 0 aromatic rings. The number of carbonyl (C=O) groups is 1. The van der Waals surface area contributed by atoms with Gasteiger partial charge in [0.2, 0.25) is 0 Å². The van der Waals surface area contributed by atoms with E-state index in [2.05, 4.69) is 20.7 Å². The van der Waals surface area contributed by atoms with Crippen LogP contribution < -0.4 is 0 Å². The van der Waals surface area contributed by atoms with Gasteiger partial charge < -0.3 is 4.74 Å².